The number of carbonyl (C=O) groups is 2. The van der Waals surface area contributed by atoms with E-state index >= 15 is 0 Å². The number of ether oxygens (including phenoxy) is 2. The number of nitrogens with zero attached hydrogens (tertiary/aromatic N) is 3. The summed E-state index contributed by atoms with van der Waals surface area (Å²) in [5.41, 5.74) is -0.794. The summed E-state index contributed by atoms with van der Waals surface area (Å²) in [5, 5.41) is 1.10. The molecule has 2 aliphatic heterocycles. The van der Waals surface area contributed by atoms with Crippen molar-refractivity contribution in [1.29, 1.82) is 0 Å². The fourth-order valence-corrected chi connectivity index (χ4v) is 5.08. The standard InChI is InChI=1S/C25H28Cl3N3O4/c1-29-8-10-30(11-9-29)22(32)15-25(17-34-19-5-2-4-18(26)14-19)16-31(12-13-35-25)24(33)23-20(27)6-3-7-21(23)28/h2-7,14H,8-13,15-17H2,1H3. The number of amides is 2. The highest BCUT2D eigenvalue weighted by Crippen LogP contribution is 2.30. The van der Waals surface area contributed by atoms with Gasteiger partial charge >= 0.3 is 0 Å². The minimum Gasteiger partial charge on any atom is -0.490 e. The van der Waals surface area contributed by atoms with Gasteiger partial charge in [0.15, 0.2) is 0 Å². The van der Waals surface area contributed by atoms with E-state index in [4.69, 9.17) is 44.3 Å². The van der Waals surface area contributed by atoms with Crippen molar-refractivity contribution in [3.05, 3.63) is 63.1 Å². The minimum absolute atomic E-state index is 0.0298. The molecule has 0 saturated carbocycles. The van der Waals surface area contributed by atoms with Crippen LogP contribution in [0.1, 0.15) is 16.8 Å². The Labute approximate surface area is 220 Å². The van der Waals surface area contributed by atoms with Gasteiger partial charge in [-0.1, -0.05) is 46.9 Å². The van der Waals surface area contributed by atoms with E-state index in [9.17, 15) is 9.59 Å². The number of likely N-dealkylation sites (N-methyl/N-ethyl adjacent to an activating group) is 1. The summed E-state index contributed by atoms with van der Waals surface area (Å²) in [7, 11) is 2.04. The normalized spacial score (nSPS) is 21.1. The maximum Gasteiger partial charge on any atom is 0.257 e. The highest BCUT2D eigenvalue weighted by Gasteiger charge is 2.43. The molecule has 2 aromatic rings. The van der Waals surface area contributed by atoms with Crippen LogP contribution in [0.2, 0.25) is 15.1 Å². The quantitative estimate of drug-likeness (QED) is 0.552. The molecule has 0 bridgehead atoms. The maximum absolute atomic E-state index is 13.4. The Morgan fingerprint density at radius 1 is 0.971 bits per heavy atom. The number of carbonyl (C=O) groups excluding carboxylic acids is 2. The van der Waals surface area contributed by atoms with Crippen molar-refractivity contribution in [2.24, 2.45) is 0 Å². The molecular formula is C25H28Cl3N3O4. The molecule has 10 heteroatoms. The van der Waals surface area contributed by atoms with Crippen LogP contribution in [0.5, 0.6) is 5.75 Å². The average molecular weight is 541 g/mol. The molecule has 2 fully saturated rings. The number of rotatable bonds is 6. The fraction of sp³-hybridized carbons (Fsp3) is 0.440. The Bertz CT molecular complexity index is 1060. The Balaban J connectivity index is 1.56. The van der Waals surface area contributed by atoms with Crippen LogP contribution in [-0.4, -0.2) is 91.6 Å². The van der Waals surface area contributed by atoms with Gasteiger partial charge in [-0.2, -0.15) is 0 Å². The first-order valence-electron chi connectivity index (χ1n) is 11.5. The molecule has 0 N–H and O–H groups in total. The molecule has 1 unspecified atom stereocenters. The summed E-state index contributed by atoms with van der Waals surface area (Å²) in [6, 6.07) is 12.0. The first-order valence-corrected chi connectivity index (χ1v) is 12.6. The number of morpholine rings is 1. The van der Waals surface area contributed by atoms with Crippen molar-refractivity contribution >= 4 is 46.6 Å². The van der Waals surface area contributed by atoms with E-state index in [0.29, 0.717) is 30.4 Å². The summed E-state index contributed by atoms with van der Waals surface area (Å²) in [6.45, 7) is 3.77. The molecule has 2 amide bonds. The molecule has 2 heterocycles. The third kappa shape index (κ3) is 6.40. The molecule has 2 aromatic carbocycles. The Hall–Kier alpha value is -2.03. The van der Waals surface area contributed by atoms with Crippen molar-refractivity contribution in [1.82, 2.24) is 14.7 Å². The Morgan fingerprint density at radius 2 is 1.66 bits per heavy atom. The summed E-state index contributed by atoms with van der Waals surface area (Å²) < 4.78 is 12.2. The SMILES string of the molecule is CN1CCN(C(=O)CC2(COc3cccc(Cl)c3)CN(C(=O)c3c(Cl)cccc3Cl)CCO2)CC1. The Kier molecular flexibility index (Phi) is 8.45. The van der Waals surface area contributed by atoms with Gasteiger partial charge in [-0.3, -0.25) is 9.59 Å². The highest BCUT2D eigenvalue weighted by atomic mass is 35.5. The van der Waals surface area contributed by atoms with E-state index < -0.39 is 5.60 Å². The van der Waals surface area contributed by atoms with Gasteiger partial charge in [-0.25, -0.2) is 0 Å². The predicted molar refractivity (Wildman–Crippen MR) is 137 cm³/mol. The van der Waals surface area contributed by atoms with Gasteiger partial charge in [-0.15, -0.1) is 0 Å². The van der Waals surface area contributed by atoms with E-state index in [0.717, 1.165) is 13.1 Å². The van der Waals surface area contributed by atoms with Crippen molar-refractivity contribution < 1.29 is 19.1 Å². The monoisotopic (exact) mass is 539 g/mol. The van der Waals surface area contributed by atoms with E-state index in [1.807, 2.05) is 11.9 Å². The van der Waals surface area contributed by atoms with Crippen molar-refractivity contribution in [3.63, 3.8) is 0 Å². The van der Waals surface area contributed by atoms with Crippen molar-refractivity contribution in [2.75, 3.05) is 59.5 Å². The third-order valence-electron chi connectivity index (χ3n) is 6.34. The van der Waals surface area contributed by atoms with Crippen LogP contribution < -0.4 is 4.74 Å². The molecule has 188 valence electrons. The van der Waals surface area contributed by atoms with E-state index in [-0.39, 0.29) is 53.6 Å². The third-order valence-corrected chi connectivity index (χ3v) is 7.20. The maximum atomic E-state index is 13.4. The number of piperazine rings is 1. The Morgan fingerprint density at radius 3 is 2.34 bits per heavy atom. The van der Waals surface area contributed by atoms with E-state index in [2.05, 4.69) is 4.90 Å². The predicted octanol–water partition coefficient (Wildman–Crippen LogP) is 4.10. The lowest BCUT2D eigenvalue weighted by Gasteiger charge is -2.43. The van der Waals surface area contributed by atoms with Crippen LogP contribution >= 0.6 is 34.8 Å². The number of benzene rings is 2. The van der Waals surface area contributed by atoms with Gasteiger partial charge in [0, 0.05) is 37.7 Å². The molecular weight excluding hydrogens is 513 g/mol. The summed E-state index contributed by atoms with van der Waals surface area (Å²) in [4.78, 5) is 32.4. The number of hydrogen-bond donors (Lipinski definition) is 0. The molecule has 2 aliphatic rings. The molecule has 7 nitrogen and oxygen atoms in total. The molecule has 2 saturated heterocycles. The second-order valence-corrected chi connectivity index (χ2v) is 10.2. The number of halogens is 3. The average Bonchev–Trinajstić information content (AvgIpc) is 2.83. The molecule has 35 heavy (non-hydrogen) atoms. The van der Waals surface area contributed by atoms with Crippen LogP contribution in [-0.2, 0) is 9.53 Å². The molecule has 0 radical (unpaired) electrons. The van der Waals surface area contributed by atoms with Crippen molar-refractivity contribution in [3.8, 4) is 5.75 Å². The van der Waals surface area contributed by atoms with Gasteiger partial charge in [-0.05, 0) is 37.4 Å². The van der Waals surface area contributed by atoms with Crippen LogP contribution in [0.15, 0.2) is 42.5 Å². The van der Waals surface area contributed by atoms with Crippen LogP contribution in [0, 0.1) is 0 Å². The second kappa shape index (κ2) is 11.4. The van der Waals surface area contributed by atoms with Crippen LogP contribution in [0.25, 0.3) is 0 Å². The first-order chi connectivity index (χ1) is 16.8. The topological polar surface area (TPSA) is 62.3 Å². The fourth-order valence-electron chi connectivity index (χ4n) is 4.34. The van der Waals surface area contributed by atoms with Gasteiger partial charge < -0.3 is 24.2 Å². The lowest BCUT2D eigenvalue weighted by atomic mass is 9.96. The summed E-state index contributed by atoms with van der Waals surface area (Å²) in [5.74, 6) is 0.228. The van der Waals surface area contributed by atoms with Crippen LogP contribution in [0.4, 0.5) is 0 Å². The zero-order valence-corrected chi connectivity index (χ0v) is 21.8. The largest absolute Gasteiger partial charge is 0.490 e. The summed E-state index contributed by atoms with van der Waals surface area (Å²) in [6.07, 6.45) is 0.0807. The van der Waals surface area contributed by atoms with Gasteiger partial charge in [0.05, 0.1) is 35.2 Å². The molecule has 0 aliphatic carbocycles. The first kappa shape index (κ1) is 26.0. The van der Waals surface area contributed by atoms with Crippen molar-refractivity contribution in [2.45, 2.75) is 12.0 Å². The van der Waals surface area contributed by atoms with Gasteiger partial charge in [0.1, 0.15) is 18.0 Å². The molecule has 1 atom stereocenters. The smallest absolute Gasteiger partial charge is 0.257 e. The highest BCUT2D eigenvalue weighted by molar-refractivity contribution is 6.39. The lowest BCUT2D eigenvalue weighted by Crippen LogP contribution is -2.59. The molecule has 4 rings (SSSR count). The lowest BCUT2D eigenvalue weighted by molar-refractivity contribution is -0.154. The second-order valence-electron chi connectivity index (χ2n) is 8.96. The van der Waals surface area contributed by atoms with Gasteiger partial charge in [0.25, 0.3) is 5.91 Å². The van der Waals surface area contributed by atoms with Crippen LogP contribution in [0.3, 0.4) is 0 Å². The zero-order chi connectivity index (χ0) is 25.0. The number of hydrogen-bond acceptors (Lipinski definition) is 5. The minimum atomic E-state index is -1.04. The zero-order valence-electron chi connectivity index (χ0n) is 19.5. The molecule has 0 aromatic heterocycles. The van der Waals surface area contributed by atoms with Gasteiger partial charge in [0.2, 0.25) is 5.91 Å². The van der Waals surface area contributed by atoms with E-state index in [1.54, 1.807) is 47.4 Å². The summed E-state index contributed by atoms with van der Waals surface area (Å²) >= 11 is 18.7. The van der Waals surface area contributed by atoms with E-state index in [1.165, 1.54) is 0 Å². The molecule has 0 spiro atoms.